The summed E-state index contributed by atoms with van der Waals surface area (Å²) in [5.74, 6) is -0.497. The molecule has 1 atom stereocenters. The molecule has 1 saturated heterocycles. The highest BCUT2D eigenvalue weighted by molar-refractivity contribution is 5.72. The smallest absolute Gasteiger partial charge is 0.416 e. The molecular weight excluding hydrogens is 295 g/mol. The summed E-state index contributed by atoms with van der Waals surface area (Å²) >= 11 is 0. The first-order valence-corrected chi connectivity index (χ1v) is 7.46. The first-order chi connectivity index (χ1) is 10.4. The second kappa shape index (κ2) is 7.13. The predicted molar refractivity (Wildman–Crippen MR) is 76.1 cm³/mol. The molecule has 0 bridgehead atoms. The molecule has 1 aliphatic heterocycles. The minimum atomic E-state index is -4.35. The molecule has 1 aromatic rings. The van der Waals surface area contributed by atoms with E-state index in [1.165, 1.54) is 12.1 Å². The molecule has 2 rings (SSSR count). The Morgan fingerprint density at radius 1 is 1.36 bits per heavy atom. The van der Waals surface area contributed by atoms with E-state index in [9.17, 15) is 18.0 Å². The standard InChI is InChI=1S/C16H20F3NO2/c1-2-22-15(21)13-7-5-9-20(11-13)10-12-6-3-4-8-14(12)16(17,18)19/h3-4,6,8,13H,2,5,7,9-11H2,1H3/t13-/m0/s1. The Balaban J connectivity index is 2.06. The van der Waals surface area contributed by atoms with E-state index in [2.05, 4.69) is 0 Å². The van der Waals surface area contributed by atoms with Crippen LogP contribution in [0.5, 0.6) is 0 Å². The Bertz CT molecular complexity index is 516. The Hall–Kier alpha value is -1.56. The van der Waals surface area contributed by atoms with Crippen LogP contribution in [-0.4, -0.2) is 30.6 Å². The van der Waals surface area contributed by atoms with Crippen molar-refractivity contribution < 1.29 is 22.7 Å². The van der Waals surface area contributed by atoms with Gasteiger partial charge in [-0.15, -0.1) is 0 Å². The molecular formula is C16H20F3NO2. The van der Waals surface area contributed by atoms with Crippen LogP contribution >= 0.6 is 0 Å². The zero-order valence-electron chi connectivity index (χ0n) is 12.5. The summed E-state index contributed by atoms with van der Waals surface area (Å²) in [6.07, 6.45) is -2.83. The molecule has 0 N–H and O–H groups in total. The summed E-state index contributed by atoms with van der Waals surface area (Å²) in [4.78, 5) is 13.7. The summed E-state index contributed by atoms with van der Waals surface area (Å²) in [7, 11) is 0. The highest BCUT2D eigenvalue weighted by Gasteiger charge is 2.34. The van der Waals surface area contributed by atoms with E-state index in [-0.39, 0.29) is 24.0 Å². The molecule has 1 fully saturated rings. The molecule has 1 aliphatic rings. The molecule has 0 radical (unpaired) electrons. The number of hydrogen-bond donors (Lipinski definition) is 0. The Morgan fingerprint density at radius 3 is 2.77 bits per heavy atom. The Morgan fingerprint density at radius 2 is 2.09 bits per heavy atom. The lowest BCUT2D eigenvalue weighted by Crippen LogP contribution is -2.39. The molecule has 122 valence electrons. The minimum absolute atomic E-state index is 0.200. The number of rotatable bonds is 4. The Kier molecular flexibility index (Phi) is 5.45. The SMILES string of the molecule is CCOC(=O)[C@H]1CCCN(Cc2ccccc2C(F)(F)F)C1. The number of ether oxygens (including phenoxy) is 1. The van der Waals surface area contributed by atoms with Crippen molar-refractivity contribution in [2.75, 3.05) is 19.7 Å². The van der Waals surface area contributed by atoms with Crippen molar-refractivity contribution in [1.82, 2.24) is 4.90 Å². The highest BCUT2D eigenvalue weighted by atomic mass is 19.4. The summed E-state index contributed by atoms with van der Waals surface area (Å²) in [6.45, 7) is 3.42. The average molecular weight is 315 g/mol. The molecule has 0 spiro atoms. The van der Waals surface area contributed by atoms with E-state index >= 15 is 0 Å². The van der Waals surface area contributed by atoms with Crippen LogP contribution in [0.1, 0.15) is 30.9 Å². The molecule has 0 aliphatic carbocycles. The van der Waals surface area contributed by atoms with Crippen molar-refractivity contribution in [3.05, 3.63) is 35.4 Å². The molecule has 1 aromatic carbocycles. The van der Waals surface area contributed by atoms with Gasteiger partial charge in [0.15, 0.2) is 0 Å². The van der Waals surface area contributed by atoms with E-state index in [0.717, 1.165) is 18.9 Å². The number of hydrogen-bond acceptors (Lipinski definition) is 3. The van der Waals surface area contributed by atoms with Gasteiger partial charge in [-0.2, -0.15) is 13.2 Å². The third-order valence-corrected chi connectivity index (χ3v) is 3.84. The van der Waals surface area contributed by atoms with Gasteiger partial charge >= 0.3 is 12.1 Å². The molecule has 1 heterocycles. The molecule has 0 aromatic heterocycles. The van der Waals surface area contributed by atoms with Gasteiger partial charge in [-0.3, -0.25) is 9.69 Å². The zero-order valence-corrected chi connectivity index (χ0v) is 12.5. The van der Waals surface area contributed by atoms with E-state index in [4.69, 9.17) is 4.74 Å². The number of benzene rings is 1. The van der Waals surface area contributed by atoms with Crippen LogP contribution in [0.3, 0.4) is 0 Å². The van der Waals surface area contributed by atoms with E-state index in [1.807, 2.05) is 4.90 Å². The molecule has 22 heavy (non-hydrogen) atoms. The van der Waals surface area contributed by atoms with Crippen molar-refractivity contribution in [2.24, 2.45) is 5.92 Å². The fraction of sp³-hybridized carbons (Fsp3) is 0.562. The number of carbonyl (C=O) groups is 1. The number of carbonyl (C=O) groups excluding carboxylic acids is 1. The maximum Gasteiger partial charge on any atom is 0.416 e. The largest absolute Gasteiger partial charge is 0.466 e. The molecule has 3 nitrogen and oxygen atoms in total. The van der Waals surface area contributed by atoms with Crippen LogP contribution in [0.2, 0.25) is 0 Å². The summed E-state index contributed by atoms with van der Waals surface area (Å²) in [6, 6.07) is 5.60. The van der Waals surface area contributed by atoms with Gasteiger partial charge in [0.1, 0.15) is 0 Å². The van der Waals surface area contributed by atoms with E-state index < -0.39 is 11.7 Å². The first-order valence-electron chi connectivity index (χ1n) is 7.46. The van der Waals surface area contributed by atoms with Crippen LogP contribution in [0, 0.1) is 5.92 Å². The fourth-order valence-corrected chi connectivity index (χ4v) is 2.83. The van der Waals surface area contributed by atoms with Gasteiger partial charge < -0.3 is 4.74 Å². The lowest BCUT2D eigenvalue weighted by atomic mass is 9.97. The number of likely N-dealkylation sites (tertiary alicyclic amines) is 1. The highest BCUT2D eigenvalue weighted by Crippen LogP contribution is 2.33. The molecule has 0 saturated carbocycles. The predicted octanol–water partition coefficient (Wildman–Crippen LogP) is 3.48. The number of esters is 1. The summed E-state index contributed by atoms with van der Waals surface area (Å²) in [5.41, 5.74) is -0.354. The third-order valence-electron chi connectivity index (χ3n) is 3.84. The second-order valence-electron chi connectivity index (χ2n) is 5.48. The van der Waals surface area contributed by atoms with Gasteiger partial charge in [0, 0.05) is 13.1 Å². The lowest BCUT2D eigenvalue weighted by Gasteiger charge is -2.32. The number of halogens is 3. The quantitative estimate of drug-likeness (QED) is 0.797. The third kappa shape index (κ3) is 4.22. The number of piperidine rings is 1. The van der Waals surface area contributed by atoms with Crippen LogP contribution in [-0.2, 0) is 22.3 Å². The zero-order chi connectivity index (χ0) is 16.2. The molecule has 0 amide bonds. The second-order valence-corrected chi connectivity index (χ2v) is 5.48. The lowest BCUT2D eigenvalue weighted by molar-refractivity contribution is -0.150. The van der Waals surface area contributed by atoms with Crippen molar-refractivity contribution in [3.8, 4) is 0 Å². The summed E-state index contributed by atoms with van der Waals surface area (Å²) < 4.78 is 44.1. The molecule has 0 unspecified atom stereocenters. The van der Waals surface area contributed by atoms with Gasteiger partial charge in [0.2, 0.25) is 0 Å². The normalized spacial score (nSPS) is 19.9. The van der Waals surface area contributed by atoms with Gasteiger partial charge in [-0.05, 0) is 37.9 Å². The van der Waals surface area contributed by atoms with Gasteiger partial charge in [-0.1, -0.05) is 18.2 Å². The average Bonchev–Trinajstić information content (AvgIpc) is 2.47. The van der Waals surface area contributed by atoms with Crippen LogP contribution in [0.4, 0.5) is 13.2 Å². The van der Waals surface area contributed by atoms with E-state index in [0.29, 0.717) is 19.7 Å². The number of alkyl halides is 3. The van der Waals surface area contributed by atoms with Crippen LogP contribution < -0.4 is 0 Å². The minimum Gasteiger partial charge on any atom is -0.466 e. The maximum atomic E-state index is 13.0. The maximum absolute atomic E-state index is 13.0. The van der Waals surface area contributed by atoms with Crippen molar-refractivity contribution in [1.29, 1.82) is 0 Å². The monoisotopic (exact) mass is 315 g/mol. The number of nitrogens with zero attached hydrogens (tertiary/aromatic N) is 1. The van der Waals surface area contributed by atoms with Crippen molar-refractivity contribution in [3.63, 3.8) is 0 Å². The van der Waals surface area contributed by atoms with Gasteiger partial charge in [0.05, 0.1) is 18.1 Å². The first kappa shape index (κ1) is 16.8. The Labute approximate surface area is 128 Å². The fourth-order valence-electron chi connectivity index (χ4n) is 2.83. The summed E-state index contributed by atoms with van der Waals surface area (Å²) in [5, 5.41) is 0. The van der Waals surface area contributed by atoms with Crippen LogP contribution in [0.15, 0.2) is 24.3 Å². The van der Waals surface area contributed by atoms with Crippen molar-refractivity contribution >= 4 is 5.97 Å². The van der Waals surface area contributed by atoms with Gasteiger partial charge in [0.25, 0.3) is 0 Å². The van der Waals surface area contributed by atoms with Crippen LogP contribution in [0.25, 0.3) is 0 Å². The topological polar surface area (TPSA) is 29.5 Å². The van der Waals surface area contributed by atoms with E-state index in [1.54, 1.807) is 13.0 Å². The van der Waals surface area contributed by atoms with Crippen molar-refractivity contribution in [2.45, 2.75) is 32.5 Å². The molecule has 6 heteroatoms. The van der Waals surface area contributed by atoms with Gasteiger partial charge in [-0.25, -0.2) is 0 Å².